The molecule has 0 aliphatic rings. The predicted octanol–water partition coefficient (Wildman–Crippen LogP) is 34.9. The van der Waals surface area contributed by atoms with Gasteiger partial charge in [-0.3, -0.25) is 15.0 Å². The van der Waals surface area contributed by atoms with Crippen LogP contribution in [-0.2, 0) is 0 Å². The van der Waals surface area contributed by atoms with Crippen LogP contribution >= 0.6 is 0 Å². The lowest BCUT2D eigenvalue weighted by Gasteiger charge is -2.14. The van der Waals surface area contributed by atoms with Crippen molar-refractivity contribution >= 4 is 97.3 Å². The van der Waals surface area contributed by atoms with Crippen LogP contribution in [0.2, 0.25) is 0 Å². The smallest absolute Gasteiger partial charge is 0.164 e. The van der Waals surface area contributed by atoms with Gasteiger partial charge in [0.05, 0.1) is 16.6 Å². The molecule has 0 saturated heterocycles. The normalized spacial score (nSPS) is 11.3. The molecular weight excluding hydrogens is 1830 g/mol. The molecule has 0 radical (unpaired) electrons. The minimum atomic E-state index is 0.623. The Morgan fingerprint density at radius 3 is 0.587 bits per heavy atom. The summed E-state index contributed by atoms with van der Waals surface area (Å²) in [4.78, 5) is 59.5. The fraction of sp³-hybridized carbons (Fsp3) is 0. The Balaban J connectivity index is 0.000000114. The molecule has 0 atom stereocenters. The molecule has 0 saturated carbocycles. The minimum Gasteiger partial charge on any atom is -0.256 e. The lowest BCUT2D eigenvalue weighted by Crippen LogP contribution is -2.01. The molecule has 700 valence electrons. The summed E-state index contributed by atoms with van der Waals surface area (Å²) in [5, 5.41) is 17.6. The quantitative estimate of drug-likeness (QED) is 0.0846. The first-order chi connectivity index (χ1) is 74.3. The molecular formula is C138H88N12. The largest absolute Gasteiger partial charge is 0.256 e. The highest BCUT2D eigenvalue weighted by atomic mass is 15.1. The van der Waals surface area contributed by atoms with E-state index in [1.165, 1.54) is 65.3 Å². The Hall–Kier alpha value is -20.3. The van der Waals surface area contributed by atoms with E-state index < -0.39 is 0 Å². The van der Waals surface area contributed by atoms with Crippen molar-refractivity contribution in [3.05, 3.63) is 534 Å². The Morgan fingerprint density at radius 2 is 0.293 bits per heavy atom. The van der Waals surface area contributed by atoms with Gasteiger partial charge in [0.2, 0.25) is 0 Å². The molecule has 6 heterocycles. The summed E-state index contributed by atoms with van der Waals surface area (Å²) in [5.41, 5.74) is 27.5. The van der Waals surface area contributed by atoms with Crippen LogP contribution in [0.25, 0.3) is 278 Å². The summed E-state index contributed by atoms with van der Waals surface area (Å²) in [5.74, 6) is 5.70. The summed E-state index contributed by atoms with van der Waals surface area (Å²) in [6.45, 7) is 0. The zero-order valence-electron chi connectivity index (χ0n) is 81.2. The second-order valence-corrected chi connectivity index (χ2v) is 37.3. The maximum absolute atomic E-state index is 5.28. The number of hydrogen-bond donors (Lipinski definition) is 0. The van der Waals surface area contributed by atoms with Gasteiger partial charge in [-0.05, 0) is 191 Å². The monoisotopic (exact) mass is 1910 g/mol. The van der Waals surface area contributed by atoms with Crippen molar-refractivity contribution in [2.24, 2.45) is 0 Å². The Kier molecular flexibility index (Phi) is 23.8. The third kappa shape index (κ3) is 17.9. The number of nitrogens with zero attached hydrogens (tertiary/aromatic N) is 12. The summed E-state index contributed by atoms with van der Waals surface area (Å²) in [6.07, 6.45) is 5.60. The Bertz CT molecular complexity index is 9370. The number of rotatable bonds is 16. The fourth-order valence-corrected chi connectivity index (χ4v) is 20.6. The number of fused-ring (bicyclic) bond motifs is 11. The number of pyridine rings is 3. The molecule has 12 nitrogen and oxygen atoms in total. The van der Waals surface area contributed by atoms with Crippen LogP contribution in [0.4, 0.5) is 0 Å². The summed E-state index contributed by atoms with van der Waals surface area (Å²) in [7, 11) is 0. The van der Waals surface area contributed by atoms with E-state index in [1.807, 2.05) is 67.1 Å². The topological polar surface area (TPSA) is 155 Å². The average molecular weight is 1910 g/mol. The molecule has 6 aromatic heterocycles. The van der Waals surface area contributed by atoms with Gasteiger partial charge in [0.1, 0.15) is 0 Å². The molecule has 22 aromatic carbocycles. The molecule has 28 aromatic rings. The van der Waals surface area contributed by atoms with Crippen molar-refractivity contribution in [1.82, 2.24) is 59.8 Å². The van der Waals surface area contributed by atoms with Crippen LogP contribution in [0, 0.1) is 0 Å². The SMILES string of the molecule is c1ccc(-c2ccc(-c3nc(-c4ccc(-c5ccccc5)cc4)nc(-c4ccc(-c5ccnc6ccccc56)cc4)n3)cc2)cc1.c1ccc2c(-c3ccc(-c4nc(-c5ccc(-c6cccc7ccccc67)cc5)nc(-c5ccc(-c6ccnc7ccccc67)cc5)n4)cc3)cccc2c1.c1ccc2c(c1)cc(-c1nc(-c3ccc(-c4ccnc5ccccc45)cc3)nc(-c3cc4ccccc4c4ccccc34)n1)c1ccccc12. The van der Waals surface area contributed by atoms with Crippen molar-refractivity contribution in [3.8, 4) is 180 Å². The summed E-state index contributed by atoms with van der Waals surface area (Å²) >= 11 is 0. The van der Waals surface area contributed by atoms with E-state index >= 15 is 0 Å². The second kappa shape index (κ2) is 39.8. The van der Waals surface area contributed by atoms with Gasteiger partial charge in [-0.25, -0.2) is 44.9 Å². The van der Waals surface area contributed by atoms with E-state index in [4.69, 9.17) is 44.9 Å². The molecule has 0 fully saturated rings. The predicted molar refractivity (Wildman–Crippen MR) is 617 cm³/mol. The van der Waals surface area contributed by atoms with E-state index in [0.717, 1.165) is 160 Å². The highest BCUT2D eigenvalue weighted by Gasteiger charge is 2.23. The van der Waals surface area contributed by atoms with E-state index in [9.17, 15) is 0 Å². The molecule has 0 bridgehead atoms. The zero-order valence-corrected chi connectivity index (χ0v) is 81.2. The van der Waals surface area contributed by atoms with Crippen LogP contribution in [0.1, 0.15) is 0 Å². The van der Waals surface area contributed by atoms with Gasteiger partial charge in [-0.1, -0.05) is 467 Å². The molecule has 0 unspecified atom stereocenters. The van der Waals surface area contributed by atoms with E-state index in [-0.39, 0.29) is 0 Å². The fourth-order valence-electron chi connectivity index (χ4n) is 20.6. The summed E-state index contributed by atoms with van der Waals surface area (Å²) < 4.78 is 0. The van der Waals surface area contributed by atoms with E-state index in [2.05, 4.69) is 482 Å². The van der Waals surface area contributed by atoms with E-state index in [1.54, 1.807) is 0 Å². The van der Waals surface area contributed by atoms with Crippen LogP contribution in [0.15, 0.2) is 534 Å². The summed E-state index contributed by atoms with van der Waals surface area (Å²) in [6, 6.07) is 179. The minimum absolute atomic E-state index is 0.623. The van der Waals surface area contributed by atoms with E-state index in [0.29, 0.717) is 52.4 Å². The van der Waals surface area contributed by atoms with Crippen molar-refractivity contribution in [2.75, 3.05) is 0 Å². The van der Waals surface area contributed by atoms with Crippen LogP contribution in [-0.4, -0.2) is 59.8 Å². The van der Waals surface area contributed by atoms with Crippen LogP contribution < -0.4 is 0 Å². The highest BCUT2D eigenvalue weighted by molar-refractivity contribution is 6.15. The molecule has 0 amide bonds. The van der Waals surface area contributed by atoms with Gasteiger partial charge in [0, 0.05) is 84.8 Å². The van der Waals surface area contributed by atoms with Gasteiger partial charge >= 0.3 is 0 Å². The number of para-hydroxylation sites is 3. The Labute approximate surface area is 865 Å². The van der Waals surface area contributed by atoms with Gasteiger partial charge in [0.15, 0.2) is 52.4 Å². The third-order valence-corrected chi connectivity index (χ3v) is 28.2. The van der Waals surface area contributed by atoms with Crippen molar-refractivity contribution in [2.45, 2.75) is 0 Å². The van der Waals surface area contributed by atoms with Crippen molar-refractivity contribution < 1.29 is 0 Å². The van der Waals surface area contributed by atoms with Gasteiger partial charge in [-0.15, -0.1) is 0 Å². The molecule has 0 N–H and O–H groups in total. The first-order valence-corrected chi connectivity index (χ1v) is 50.2. The lowest BCUT2D eigenvalue weighted by molar-refractivity contribution is 1.07. The van der Waals surface area contributed by atoms with Crippen LogP contribution in [0.5, 0.6) is 0 Å². The second-order valence-electron chi connectivity index (χ2n) is 37.3. The zero-order chi connectivity index (χ0) is 99.6. The van der Waals surface area contributed by atoms with Crippen molar-refractivity contribution in [1.29, 1.82) is 0 Å². The molecule has 0 aliphatic carbocycles. The average Bonchev–Trinajstić information content (AvgIpc) is 0.742. The van der Waals surface area contributed by atoms with Crippen molar-refractivity contribution in [3.63, 3.8) is 0 Å². The van der Waals surface area contributed by atoms with Crippen LogP contribution in [0.3, 0.4) is 0 Å². The molecule has 28 rings (SSSR count). The first kappa shape index (κ1) is 89.7. The standard InChI is InChI=1S/C50H32N4.C46H28N4.C42H28N4/c1-3-13-41-33(9-1)11-7-16-43(41)35-19-25-38(26-20-35)48-52-49(39-27-21-36(22-28-39)44-17-8-12-34-10-2-4-14-42(34)44)54-50(53-48)40-29-23-37(24-30-40)45-31-32-51-47-18-6-5-15-46(45)47;1-3-13-33-31(11-1)27-41(38-17-7-5-15-36(33)38)45-48-44(30-23-21-29(22-24-30)35-25-26-47-43-20-10-9-19-40(35)43)49-46(50-45)42-28-32-12-2-4-14-34(32)37-16-6-8-18-39(37)42;1-3-9-29(10-4-1)31-15-21-34(22-16-31)40-44-41(35-23-17-32(18-24-35)30-11-5-2-6-12-30)46-42(45-40)36-25-19-33(20-26-36)37-27-28-43-39-14-8-7-13-38(37)39/h1-32H;1-28H;1-28H. The Morgan fingerprint density at radius 1 is 0.100 bits per heavy atom. The maximum Gasteiger partial charge on any atom is 0.164 e. The molecule has 0 aliphatic heterocycles. The van der Waals surface area contributed by atoms with Gasteiger partial charge in [0.25, 0.3) is 0 Å². The number of aromatic nitrogens is 12. The third-order valence-electron chi connectivity index (χ3n) is 28.2. The highest BCUT2D eigenvalue weighted by Crippen LogP contribution is 2.43. The van der Waals surface area contributed by atoms with Gasteiger partial charge in [-0.2, -0.15) is 0 Å². The maximum atomic E-state index is 5.28. The number of hydrogen-bond acceptors (Lipinski definition) is 12. The molecule has 12 heteroatoms. The van der Waals surface area contributed by atoms with Gasteiger partial charge < -0.3 is 0 Å². The molecule has 0 spiro atoms. The first-order valence-electron chi connectivity index (χ1n) is 50.2. The number of benzene rings is 22. The molecule has 150 heavy (non-hydrogen) atoms. The lowest BCUT2D eigenvalue weighted by atomic mass is 9.96.